The molecule has 180 valence electrons. The average Bonchev–Trinajstić information content (AvgIpc) is 3.27. The maximum atomic E-state index is 13.3. The number of pyridine rings is 1. The molecule has 3 aromatic rings. The second kappa shape index (κ2) is 9.87. The molecule has 1 saturated heterocycles. The third kappa shape index (κ3) is 4.51. The Labute approximate surface area is 210 Å². The molecule has 0 bridgehead atoms. The van der Waals surface area contributed by atoms with E-state index in [4.69, 9.17) is 4.74 Å². The highest BCUT2D eigenvalue weighted by Crippen LogP contribution is 2.41. The van der Waals surface area contributed by atoms with Gasteiger partial charge >= 0.3 is 5.97 Å². The van der Waals surface area contributed by atoms with Crippen molar-refractivity contribution in [2.24, 2.45) is 0 Å². The number of carbonyl (C=O) groups excluding carboxylic acids is 3. The number of H-pyrrole nitrogens is 1. The summed E-state index contributed by atoms with van der Waals surface area (Å²) in [4.78, 5) is 47.3. The Hall–Kier alpha value is -3.72. The summed E-state index contributed by atoms with van der Waals surface area (Å²) in [5.41, 5.74) is 2.78. The standard InChI is InChI=1S/C26H24BrN3O5/c1-4-35-26(34)21-14(2)19(15(3)29-21)23(31)20-22(17-7-9-18(27)10-8-17)30(25(33)24(20)32)13-16-6-5-11-28-12-16/h5-12,22,29,31H,4,13H2,1-3H3/b23-20+/t22-/m0/s1. The monoisotopic (exact) mass is 537 g/mol. The molecule has 2 aromatic heterocycles. The number of halogens is 1. The predicted molar refractivity (Wildman–Crippen MR) is 132 cm³/mol. The molecule has 8 nitrogen and oxygen atoms in total. The van der Waals surface area contributed by atoms with Crippen LogP contribution in [-0.4, -0.2) is 44.2 Å². The van der Waals surface area contributed by atoms with Crippen molar-refractivity contribution in [3.63, 3.8) is 0 Å². The van der Waals surface area contributed by atoms with Gasteiger partial charge in [-0.2, -0.15) is 0 Å². The molecule has 0 radical (unpaired) electrons. The minimum atomic E-state index is -0.831. The van der Waals surface area contributed by atoms with E-state index in [1.54, 1.807) is 51.4 Å². The van der Waals surface area contributed by atoms with Crippen LogP contribution in [0.1, 0.15) is 51.4 Å². The molecule has 0 saturated carbocycles. The molecule has 1 fully saturated rings. The summed E-state index contributed by atoms with van der Waals surface area (Å²) in [6.45, 7) is 5.37. The number of benzene rings is 1. The molecule has 3 heterocycles. The van der Waals surface area contributed by atoms with Crippen LogP contribution in [0.4, 0.5) is 0 Å². The first-order valence-electron chi connectivity index (χ1n) is 11.0. The Morgan fingerprint density at radius 1 is 1.20 bits per heavy atom. The van der Waals surface area contributed by atoms with Crippen molar-refractivity contribution in [1.82, 2.24) is 14.9 Å². The summed E-state index contributed by atoms with van der Waals surface area (Å²) >= 11 is 3.41. The predicted octanol–water partition coefficient (Wildman–Crippen LogP) is 4.59. The second-order valence-corrected chi connectivity index (χ2v) is 9.10. The molecule has 1 aliphatic rings. The molecule has 35 heavy (non-hydrogen) atoms. The number of esters is 1. The number of likely N-dealkylation sites (tertiary alicyclic amines) is 1. The van der Waals surface area contributed by atoms with Gasteiger partial charge in [0.1, 0.15) is 11.5 Å². The minimum absolute atomic E-state index is 0.0400. The van der Waals surface area contributed by atoms with Gasteiger partial charge in [-0.15, -0.1) is 0 Å². The number of nitrogens with zero attached hydrogens (tertiary/aromatic N) is 2. The van der Waals surface area contributed by atoms with E-state index < -0.39 is 23.7 Å². The van der Waals surface area contributed by atoms with Crippen molar-refractivity contribution in [2.75, 3.05) is 6.61 Å². The number of rotatable bonds is 6. The number of Topliss-reactive ketones (excluding diaryl/α,β-unsaturated/α-hetero) is 1. The first kappa shape index (κ1) is 24.4. The van der Waals surface area contributed by atoms with Gasteiger partial charge in [0.05, 0.1) is 18.2 Å². The lowest BCUT2D eigenvalue weighted by Gasteiger charge is -2.25. The lowest BCUT2D eigenvalue weighted by atomic mass is 9.94. The number of amides is 1. The smallest absolute Gasteiger partial charge is 0.355 e. The normalized spacial score (nSPS) is 17.1. The van der Waals surface area contributed by atoms with Crippen molar-refractivity contribution in [3.05, 3.63) is 92.5 Å². The Bertz CT molecular complexity index is 1330. The molecule has 0 spiro atoms. The third-order valence-electron chi connectivity index (χ3n) is 5.96. The highest BCUT2D eigenvalue weighted by atomic mass is 79.9. The van der Waals surface area contributed by atoms with E-state index in [1.807, 2.05) is 18.2 Å². The molecular formula is C26H24BrN3O5. The van der Waals surface area contributed by atoms with Gasteiger partial charge in [0.2, 0.25) is 0 Å². The van der Waals surface area contributed by atoms with Crippen molar-refractivity contribution in [3.8, 4) is 0 Å². The molecule has 1 atom stereocenters. The lowest BCUT2D eigenvalue weighted by molar-refractivity contribution is -0.140. The van der Waals surface area contributed by atoms with Crippen LogP contribution < -0.4 is 0 Å². The summed E-state index contributed by atoms with van der Waals surface area (Å²) in [5, 5.41) is 11.5. The van der Waals surface area contributed by atoms with Crippen molar-refractivity contribution < 1.29 is 24.2 Å². The maximum absolute atomic E-state index is 13.3. The van der Waals surface area contributed by atoms with E-state index >= 15 is 0 Å². The molecule has 0 unspecified atom stereocenters. The van der Waals surface area contributed by atoms with Gasteiger partial charge in [0.25, 0.3) is 11.7 Å². The zero-order valence-electron chi connectivity index (χ0n) is 19.5. The van der Waals surface area contributed by atoms with Gasteiger partial charge in [0, 0.05) is 34.7 Å². The second-order valence-electron chi connectivity index (χ2n) is 8.19. The van der Waals surface area contributed by atoms with E-state index in [2.05, 4.69) is 25.9 Å². The fraction of sp³-hybridized carbons (Fsp3) is 0.231. The van der Waals surface area contributed by atoms with Gasteiger partial charge in [-0.05, 0) is 55.7 Å². The van der Waals surface area contributed by atoms with Crippen LogP contribution >= 0.6 is 15.9 Å². The fourth-order valence-electron chi connectivity index (χ4n) is 4.37. The van der Waals surface area contributed by atoms with Crippen LogP contribution in [0.15, 0.2) is 58.8 Å². The lowest BCUT2D eigenvalue weighted by Crippen LogP contribution is -2.29. The third-order valence-corrected chi connectivity index (χ3v) is 6.48. The van der Waals surface area contributed by atoms with Crippen LogP contribution in [0.25, 0.3) is 5.76 Å². The number of nitrogens with one attached hydrogen (secondary N) is 1. The van der Waals surface area contributed by atoms with E-state index in [9.17, 15) is 19.5 Å². The Morgan fingerprint density at radius 2 is 1.91 bits per heavy atom. The van der Waals surface area contributed by atoms with E-state index in [-0.39, 0.29) is 30.2 Å². The van der Waals surface area contributed by atoms with Gasteiger partial charge in [-0.3, -0.25) is 14.6 Å². The number of aliphatic hydroxyl groups excluding tert-OH is 1. The Balaban J connectivity index is 1.89. The molecular weight excluding hydrogens is 514 g/mol. The quantitative estimate of drug-likeness (QED) is 0.206. The number of ketones is 1. The molecule has 1 aliphatic heterocycles. The number of hydrogen-bond acceptors (Lipinski definition) is 6. The number of carbonyl (C=O) groups is 3. The van der Waals surface area contributed by atoms with E-state index in [0.29, 0.717) is 22.4 Å². The number of hydrogen-bond donors (Lipinski definition) is 2. The summed E-state index contributed by atoms with van der Waals surface area (Å²) in [6, 6.07) is 9.95. The number of ether oxygens (including phenoxy) is 1. The molecule has 1 aromatic carbocycles. The first-order chi connectivity index (χ1) is 16.7. The van der Waals surface area contributed by atoms with Crippen molar-refractivity contribution in [2.45, 2.75) is 33.4 Å². The molecule has 9 heteroatoms. The summed E-state index contributed by atoms with van der Waals surface area (Å²) in [7, 11) is 0. The van der Waals surface area contributed by atoms with Crippen LogP contribution in [0.3, 0.4) is 0 Å². The van der Waals surface area contributed by atoms with Crippen molar-refractivity contribution >= 4 is 39.3 Å². The molecule has 2 N–H and O–H groups in total. The van der Waals surface area contributed by atoms with E-state index in [1.165, 1.54) is 4.90 Å². The zero-order chi connectivity index (χ0) is 25.3. The van der Waals surface area contributed by atoms with Crippen molar-refractivity contribution in [1.29, 1.82) is 0 Å². The van der Waals surface area contributed by atoms with Crippen LogP contribution in [-0.2, 0) is 20.9 Å². The zero-order valence-corrected chi connectivity index (χ0v) is 21.0. The largest absolute Gasteiger partial charge is 0.507 e. The fourth-order valence-corrected chi connectivity index (χ4v) is 4.63. The maximum Gasteiger partial charge on any atom is 0.355 e. The Kier molecular flexibility index (Phi) is 6.88. The van der Waals surface area contributed by atoms with Gasteiger partial charge in [-0.25, -0.2) is 4.79 Å². The summed E-state index contributed by atoms with van der Waals surface area (Å²) in [5.74, 6) is -2.42. The topological polar surface area (TPSA) is 113 Å². The van der Waals surface area contributed by atoms with Gasteiger partial charge < -0.3 is 19.7 Å². The average molecular weight is 538 g/mol. The molecule has 0 aliphatic carbocycles. The molecule has 1 amide bonds. The number of aromatic amines is 1. The van der Waals surface area contributed by atoms with Crippen LogP contribution in [0.5, 0.6) is 0 Å². The summed E-state index contributed by atoms with van der Waals surface area (Å²) in [6.07, 6.45) is 3.26. The van der Waals surface area contributed by atoms with Crippen LogP contribution in [0, 0.1) is 13.8 Å². The van der Waals surface area contributed by atoms with Gasteiger partial charge in [-0.1, -0.05) is 34.1 Å². The van der Waals surface area contributed by atoms with E-state index in [0.717, 1.165) is 10.0 Å². The minimum Gasteiger partial charge on any atom is -0.507 e. The van der Waals surface area contributed by atoms with Crippen LogP contribution in [0.2, 0.25) is 0 Å². The van der Waals surface area contributed by atoms with Gasteiger partial charge in [0.15, 0.2) is 0 Å². The SMILES string of the molecule is CCOC(=O)c1[nH]c(C)c(/C(O)=C2\C(=O)C(=O)N(Cc3cccnc3)[C@H]2c2ccc(Br)cc2)c1C. The summed E-state index contributed by atoms with van der Waals surface area (Å²) < 4.78 is 5.93. The highest BCUT2D eigenvalue weighted by molar-refractivity contribution is 9.10. The number of aryl methyl sites for hydroxylation is 1. The molecule has 4 rings (SSSR count). The highest BCUT2D eigenvalue weighted by Gasteiger charge is 2.46. The number of aromatic nitrogens is 2. The Morgan fingerprint density at radius 3 is 2.54 bits per heavy atom. The first-order valence-corrected chi connectivity index (χ1v) is 11.8. The number of aliphatic hydroxyl groups is 1.